The number of hydrogen-bond acceptors (Lipinski definition) is 3. The maximum Gasteiger partial charge on any atom is 0.243 e. The van der Waals surface area contributed by atoms with Crippen LogP contribution in [0.3, 0.4) is 0 Å². The number of benzene rings is 1. The molecule has 3 N–H and O–H groups in total. The zero-order valence-corrected chi connectivity index (χ0v) is 8.74. The van der Waals surface area contributed by atoms with Gasteiger partial charge in [0.25, 0.3) is 0 Å². The Hall–Kier alpha value is -2.02. The molecule has 0 bridgehead atoms. The molecule has 1 aromatic carbocycles. The highest BCUT2D eigenvalue weighted by Crippen LogP contribution is 2.23. The number of nitriles is 1. The summed E-state index contributed by atoms with van der Waals surface area (Å²) >= 11 is 0. The third-order valence-electron chi connectivity index (χ3n) is 2.37. The second-order valence-electron chi connectivity index (χ2n) is 3.81. The molecule has 0 spiro atoms. The van der Waals surface area contributed by atoms with Gasteiger partial charge in [0.05, 0.1) is 5.41 Å². The number of hydrogen-bond donors (Lipinski definition) is 2. The van der Waals surface area contributed by atoms with E-state index in [-0.39, 0.29) is 5.91 Å². The summed E-state index contributed by atoms with van der Waals surface area (Å²) in [5, 5.41) is 10.5. The topological polar surface area (TPSA) is 78.9 Å². The molecule has 0 aliphatic carbocycles. The van der Waals surface area contributed by atoms with Crippen LogP contribution in [-0.2, 0) is 10.2 Å². The van der Waals surface area contributed by atoms with Crippen LogP contribution in [0.15, 0.2) is 24.3 Å². The van der Waals surface area contributed by atoms with Crippen molar-refractivity contribution >= 4 is 11.6 Å². The standard InChI is InChI=1S/C11H13N3O/c1-11(2,10(15)14-7-12)8-3-5-9(13)6-4-8/h3-6H,13H2,1-2H3,(H,14,15). The summed E-state index contributed by atoms with van der Waals surface area (Å²) in [6.45, 7) is 3.51. The van der Waals surface area contributed by atoms with Gasteiger partial charge in [-0.25, -0.2) is 0 Å². The number of carbonyl (C=O) groups is 1. The highest BCUT2D eigenvalue weighted by Gasteiger charge is 2.29. The van der Waals surface area contributed by atoms with E-state index in [2.05, 4.69) is 5.32 Å². The van der Waals surface area contributed by atoms with E-state index in [1.165, 1.54) is 0 Å². The van der Waals surface area contributed by atoms with Gasteiger partial charge in [-0.15, -0.1) is 0 Å². The van der Waals surface area contributed by atoms with Crippen LogP contribution >= 0.6 is 0 Å². The lowest BCUT2D eigenvalue weighted by molar-refractivity contribution is -0.124. The molecule has 1 amide bonds. The van der Waals surface area contributed by atoms with Crippen LogP contribution in [0.1, 0.15) is 19.4 Å². The summed E-state index contributed by atoms with van der Waals surface area (Å²) in [4.78, 5) is 11.6. The minimum atomic E-state index is -0.733. The minimum Gasteiger partial charge on any atom is -0.399 e. The normalized spacial score (nSPS) is 10.5. The van der Waals surface area contributed by atoms with Crippen molar-refractivity contribution < 1.29 is 4.79 Å². The van der Waals surface area contributed by atoms with Crippen molar-refractivity contribution in [1.82, 2.24) is 5.32 Å². The summed E-state index contributed by atoms with van der Waals surface area (Å²) in [6.07, 6.45) is 1.63. The van der Waals surface area contributed by atoms with Gasteiger partial charge >= 0.3 is 0 Å². The molecular formula is C11H13N3O. The second kappa shape index (κ2) is 4.01. The molecule has 0 saturated carbocycles. The molecule has 15 heavy (non-hydrogen) atoms. The lowest BCUT2D eigenvalue weighted by atomic mass is 9.84. The first-order chi connectivity index (χ1) is 6.98. The molecule has 1 aromatic rings. The van der Waals surface area contributed by atoms with Crippen LogP contribution in [-0.4, -0.2) is 5.91 Å². The van der Waals surface area contributed by atoms with E-state index >= 15 is 0 Å². The number of nitrogen functional groups attached to an aromatic ring is 1. The van der Waals surface area contributed by atoms with Crippen LogP contribution in [0.4, 0.5) is 5.69 Å². The van der Waals surface area contributed by atoms with Crippen molar-refractivity contribution in [2.24, 2.45) is 0 Å². The second-order valence-corrected chi connectivity index (χ2v) is 3.81. The van der Waals surface area contributed by atoms with E-state index in [9.17, 15) is 4.79 Å². The van der Waals surface area contributed by atoms with Gasteiger partial charge < -0.3 is 5.73 Å². The molecule has 4 heteroatoms. The summed E-state index contributed by atoms with van der Waals surface area (Å²) in [5.41, 5.74) is 6.29. The molecule has 78 valence electrons. The molecule has 4 nitrogen and oxygen atoms in total. The van der Waals surface area contributed by atoms with Gasteiger partial charge in [0.1, 0.15) is 0 Å². The molecule has 0 aliphatic rings. The first-order valence-electron chi connectivity index (χ1n) is 4.54. The SMILES string of the molecule is CC(C)(C(=O)NC#N)c1ccc(N)cc1. The maximum absolute atomic E-state index is 11.6. The molecule has 0 fully saturated rings. The van der Waals surface area contributed by atoms with Gasteiger partial charge in [0.2, 0.25) is 5.91 Å². The molecule has 0 unspecified atom stereocenters. The number of carbonyl (C=O) groups excluding carboxylic acids is 1. The minimum absolute atomic E-state index is 0.324. The first kappa shape index (κ1) is 11.1. The van der Waals surface area contributed by atoms with E-state index in [1.807, 2.05) is 0 Å². The molecular weight excluding hydrogens is 190 g/mol. The lowest BCUT2D eigenvalue weighted by Crippen LogP contribution is -2.37. The largest absolute Gasteiger partial charge is 0.399 e. The molecule has 0 radical (unpaired) electrons. The Morgan fingerprint density at radius 2 is 1.93 bits per heavy atom. The Morgan fingerprint density at radius 3 is 2.40 bits per heavy atom. The average molecular weight is 203 g/mol. The van der Waals surface area contributed by atoms with Gasteiger partial charge in [-0.2, -0.15) is 5.26 Å². The summed E-state index contributed by atoms with van der Waals surface area (Å²) in [6, 6.07) is 7.03. The third-order valence-corrected chi connectivity index (χ3v) is 2.37. The molecule has 0 heterocycles. The number of rotatable bonds is 2. The summed E-state index contributed by atoms with van der Waals surface area (Å²) in [5.74, 6) is -0.324. The number of anilines is 1. The van der Waals surface area contributed by atoms with Gasteiger partial charge in [0, 0.05) is 5.69 Å². The van der Waals surface area contributed by atoms with E-state index in [4.69, 9.17) is 11.0 Å². The zero-order chi connectivity index (χ0) is 11.5. The molecule has 0 atom stereocenters. The summed E-state index contributed by atoms with van der Waals surface area (Å²) in [7, 11) is 0. The predicted molar refractivity (Wildman–Crippen MR) is 57.6 cm³/mol. The number of nitrogens with two attached hydrogens (primary N) is 1. The Morgan fingerprint density at radius 1 is 1.40 bits per heavy atom. The quantitative estimate of drug-likeness (QED) is 0.430. The predicted octanol–water partition coefficient (Wildman–Crippen LogP) is 1.14. The first-order valence-corrected chi connectivity index (χ1v) is 4.54. The number of amides is 1. The number of nitrogens with one attached hydrogen (secondary N) is 1. The van der Waals surface area contributed by atoms with Crippen molar-refractivity contribution in [3.63, 3.8) is 0 Å². The highest BCUT2D eigenvalue weighted by molar-refractivity contribution is 5.88. The molecule has 0 aromatic heterocycles. The van der Waals surface area contributed by atoms with Gasteiger partial charge in [-0.3, -0.25) is 10.1 Å². The van der Waals surface area contributed by atoms with Gasteiger partial charge in [-0.05, 0) is 31.5 Å². The third kappa shape index (κ3) is 2.26. The summed E-state index contributed by atoms with van der Waals surface area (Å²) < 4.78 is 0. The Bertz CT molecular complexity index is 401. The average Bonchev–Trinajstić information content (AvgIpc) is 2.18. The van der Waals surface area contributed by atoms with Crippen LogP contribution < -0.4 is 11.1 Å². The van der Waals surface area contributed by atoms with Crippen LogP contribution in [0.2, 0.25) is 0 Å². The fourth-order valence-corrected chi connectivity index (χ4v) is 1.24. The molecule has 1 rings (SSSR count). The fraction of sp³-hybridized carbons (Fsp3) is 0.273. The van der Waals surface area contributed by atoms with Crippen molar-refractivity contribution in [2.45, 2.75) is 19.3 Å². The smallest absolute Gasteiger partial charge is 0.243 e. The van der Waals surface area contributed by atoms with Crippen molar-refractivity contribution in [3.8, 4) is 6.19 Å². The van der Waals surface area contributed by atoms with Crippen LogP contribution in [0.25, 0.3) is 0 Å². The van der Waals surface area contributed by atoms with Crippen molar-refractivity contribution in [3.05, 3.63) is 29.8 Å². The van der Waals surface area contributed by atoms with E-state index in [1.54, 1.807) is 44.3 Å². The monoisotopic (exact) mass is 203 g/mol. The van der Waals surface area contributed by atoms with Gasteiger partial charge in [-0.1, -0.05) is 12.1 Å². The highest BCUT2D eigenvalue weighted by atomic mass is 16.2. The maximum atomic E-state index is 11.6. The molecule has 0 saturated heterocycles. The van der Waals surface area contributed by atoms with Crippen LogP contribution in [0.5, 0.6) is 0 Å². The number of nitrogens with zero attached hydrogens (tertiary/aromatic N) is 1. The van der Waals surface area contributed by atoms with Gasteiger partial charge in [0.15, 0.2) is 6.19 Å². The Labute approximate surface area is 88.7 Å². The van der Waals surface area contributed by atoms with Crippen molar-refractivity contribution in [2.75, 3.05) is 5.73 Å². The Balaban J connectivity index is 3.01. The fourth-order valence-electron chi connectivity index (χ4n) is 1.24. The molecule has 0 aliphatic heterocycles. The van der Waals surface area contributed by atoms with Crippen LogP contribution in [0, 0.1) is 11.5 Å². The zero-order valence-electron chi connectivity index (χ0n) is 8.74. The van der Waals surface area contributed by atoms with E-state index < -0.39 is 5.41 Å². The van der Waals surface area contributed by atoms with Crippen molar-refractivity contribution in [1.29, 1.82) is 5.26 Å². The van der Waals surface area contributed by atoms with E-state index in [0.717, 1.165) is 5.56 Å². The van der Waals surface area contributed by atoms with E-state index in [0.29, 0.717) is 5.69 Å². The lowest BCUT2D eigenvalue weighted by Gasteiger charge is -2.22. The Kier molecular flexibility index (Phi) is 2.96.